The zero-order chi connectivity index (χ0) is 21.2. The Morgan fingerprint density at radius 1 is 1.21 bits per heavy atom. The Labute approximate surface area is 173 Å². The summed E-state index contributed by atoms with van der Waals surface area (Å²) in [6, 6.07) is 14.3. The van der Waals surface area contributed by atoms with E-state index in [0.717, 1.165) is 25.8 Å². The number of para-hydroxylation sites is 1. The molecule has 1 aromatic heterocycles. The van der Waals surface area contributed by atoms with Crippen molar-refractivity contribution in [2.75, 3.05) is 4.90 Å². The van der Waals surface area contributed by atoms with E-state index in [2.05, 4.69) is 33.3 Å². The Hall–Kier alpha value is -3.09. The Bertz CT molecular complexity index is 1100. The minimum atomic E-state index is -4.76. The summed E-state index contributed by atoms with van der Waals surface area (Å²) < 4.78 is 41.9. The molecule has 148 valence electrons. The maximum atomic E-state index is 13.4. The van der Waals surface area contributed by atoms with Gasteiger partial charge in [0.2, 0.25) is 0 Å². The number of aromatic nitrogens is 2. The van der Waals surface area contributed by atoms with Crippen molar-refractivity contribution in [2.45, 2.75) is 6.18 Å². The summed E-state index contributed by atoms with van der Waals surface area (Å²) in [4.78, 5) is 14.2. The highest BCUT2D eigenvalue weighted by Crippen LogP contribution is 2.35. The van der Waals surface area contributed by atoms with Crippen LogP contribution in [0, 0.1) is 0 Å². The van der Waals surface area contributed by atoms with Gasteiger partial charge in [0.05, 0.1) is 17.5 Å². The summed E-state index contributed by atoms with van der Waals surface area (Å²) in [6.45, 7) is 3.47. The summed E-state index contributed by atoms with van der Waals surface area (Å²) in [5, 5.41) is 3.42. The van der Waals surface area contributed by atoms with Gasteiger partial charge in [0.1, 0.15) is 0 Å². The molecule has 3 aromatic rings. The van der Waals surface area contributed by atoms with Gasteiger partial charge in [-0.1, -0.05) is 52.8 Å². The summed E-state index contributed by atoms with van der Waals surface area (Å²) in [5.41, 5.74) is 2.54. The number of aryl methyl sites for hydroxylation is 1. The van der Waals surface area contributed by atoms with Crippen LogP contribution in [0.25, 0.3) is 11.1 Å². The van der Waals surface area contributed by atoms with Gasteiger partial charge >= 0.3 is 6.18 Å². The van der Waals surface area contributed by atoms with Crippen LogP contribution in [0.4, 0.5) is 18.9 Å². The van der Waals surface area contributed by atoms with E-state index in [0.29, 0.717) is 11.3 Å². The number of hydrogen-bond donors (Lipinski definition) is 0. The first-order valence-corrected chi connectivity index (χ1v) is 9.17. The van der Waals surface area contributed by atoms with Gasteiger partial charge in [-0.05, 0) is 23.8 Å². The van der Waals surface area contributed by atoms with E-state index in [-0.39, 0.29) is 0 Å². The third-order valence-corrected chi connectivity index (χ3v) is 4.61. The quantitative estimate of drug-likeness (QED) is 0.459. The highest BCUT2D eigenvalue weighted by atomic mass is 79.9. The van der Waals surface area contributed by atoms with Gasteiger partial charge in [-0.15, -0.1) is 5.73 Å². The first-order chi connectivity index (χ1) is 13.7. The van der Waals surface area contributed by atoms with Crippen molar-refractivity contribution in [3.05, 3.63) is 89.0 Å². The van der Waals surface area contributed by atoms with Crippen molar-refractivity contribution in [1.82, 2.24) is 9.78 Å². The summed E-state index contributed by atoms with van der Waals surface area (Å²) in [6.07, 6.45) is -2.49. The van der Waals surface area contributed by atoms with Crippen molar-refractivity contribution in [2.24, 2.45) is 7.05 Å². The molecule has 0 radical (unpaired) electrons. The molecular weight excluding hydrogens is 447 g/mol. The predicted molar refractivity (Wildman–Crippen MR) is 108 cm³/mol. The fourth-order valence-corrected chi connectivity index (χ4v) is 3.13. The standard InChI is InChI=1S/C21H15BrF3N3O/c1-3-12-28(20(29)17-13-27(2)26-19(17)21(23,24)25)18-7-5-4-6-16(18)14-8-10-15(22)11-9-14/h4-13H,1H2,2H3. The van der Waals surface area contributed by atoms with Crippen molar-refractivity contribution >= 4 is 27.5 Å². The zero-order valence-corrected chi connectivity index (χ0v) is 16.8. The van der Waals surface area contributed by atoms with Crippen LogP contribution in [-0.2, 0) is 13.2 Å². The molecule has 0 N–H and O–H groups in total. The molecule has 0 saturated carbocycles. The molecule has 4 nitrogen and oxygen atoms in total. The summed E-state index contributed by atoms with van der Waals surface area (Å²) in [7, 11) is 1.33. The van der Waals surface area contributed by atoms with Gasteiger partial charge in [-0.3, -0.25) is 14.4 Å². The first-order valence-electron chi connectivity index (χ1n) is 8.37. The van der Waals surface area contributed by atoms with Crippen LogP contribution in [0.5, 0.6) is 0 Å². The molecule has 0 aliphatic heterocycles. The zero-order valence-electron chi connectivity index (χ0n) is 15.2. The highest BCUT2D eigenvalue weighted by Gasteiger charge is 2.40. The molecule has 0 atom stereocenters. The predicted octanol–water partition coefficient (Wildman–Crippen LogP) is 5.81. The smallest absolute Gasteiger partial charge is 0.276 e. The highest BCUT2D eigenvalue weighted by molar-refractivity contribution is 9.10. The number of benzene rings is 2. The molecule has 0 bridgehead atoms. The number of nitrogens with zero attached hydrogens (tertiary/aromatic N) is 3. The molecule has 1 amide bonds. The minimum absolute atomic E-state index is 0.396. The second-order valence-electron chi connectivity index (χ2n) is 6.10. The number of rotatable bonds is 4. The molecule has 0 fully saturated rings. The van der Waals surface area contributed by atoms with Crippen LogP contribution in [-0.4, -0.2) is 15.7 Å². The van der Waals surface area contributed by atoms with E-state index < -0.39 is 23.3 Å². The molecule has 1 heterocycles. The number of carbonyl (C=O) groups is 1. The van der Waals surface area contributed by atoms with Gasteiger partial charge in [0.15, 0.2) is 5.69 Å². The fourth-order valence-electron chi connectivity index (χ4n) is 2.87. The maximum absolute atomic E-state index is 13.4. The fraction of sp³-hybridized carbons (Fsp3) is 0.0952. The number of carbonyl (C=O) groups excluding carboxylic acids is 1. The van der Waals surface area contributed by atoms with E-state index in [4.69, 9.17) is 0 Å². The molecule has 0 aliphatic carbocycles. The lowest BCUT2D eigenvalue weighted by Crippen LogP contribution is -2.27. The number of halogens is 4. The van der Waals surface area contributed by atoms with Gasteiger partial charge in [-0.2, -0.15) is 18.3 Å². The van der Waals surface area contributed by atoms with Gasteiger partial charge in [0.25, 0.3) is 5.91 Å². The van der Waals surface area contributed by atoms with Crippen LogP contribution >= 0.6 is 15.9 Å². The largest absolute Gasteiger partial charge is 0.435 e. The molecular formula is C21H15BrF3N3O. The van der Waals surface area contributed by atoms with E-state index in [9.17, 15) is 18.0 Å². The van der Waals surface area contributed by atoms with Crippen LogP contribution in [0.15, 0.2) is 77.7 Å². The van der Waals surface area contributed by atoms with E-state index in [1.54, 1.807) is 24.3 Å². The van der Waals surface area contributed by atoms with Gasteiger partial charge in [-0.25, -0.2) is 0 Å². The number of amides is 1. The van der Waals surface area contributed by atoms with Crippen molar-refractivity contribution in [3.63, 3.8) is 0 Å². The van der Waals surface area contributed by atoms with Gasteiger partial charge < -0.3 is 0 Å². The normalized spacial score (nSPS) is 11.1. The number of hydrogen-bond acceptors (Lipinski definition) is 2. The molecule has 0 unspecified atom stereocenters. The average molecular weight is 462 g/mol. The van der Waals surface area contributed by atoms with E-state index in [1.165, 1.54) is 13.2 Å². The van der Waals surface area contributed by atoms with Crippen molar-refractivity contribution in [1.29, 1.82) is 0 Å². The summed E-state index contributed by atoms with van der Waals surface area (Å²) in [5.74, 6) is -0.883. The SMILES string of the molecule is C=C=CN(C(=O)c1cn(C)nc1C(F)(F)F)c1ccccc1-c1ccc(Br)cc1. The molecule has 0 saturated heterocycles. The molecule has 0 spiro atoms. The van der Waals surface area contributed by atoms with Crippen molar-refractivity contribution < 1.29 is 18.0 Å². The molecule has 2 aromatic carbocycles. The maximum Gasteiger partial charge on any atom is 0.435 e. The second-order valence-corrected chi connectivity index (χ2v) is 7.01. The monoisotopic (exact) mass is 461 g/mol. The van der Waals surface area contributed by atoms with E-state index >= 15 is 0 Å². The lowest BCUT2D eigenvalue weighted by atomic mass is 10.0. The molecule has 3 rings (SSSR count). The molecule has 0 aliphatic rings. The topological polar surface area (TPSA) is 38.1 Å². The van der Waals surface area contributed by atoms with Crippen LogP contribution < -0.4 is 4.90 Å². The minimum Gasteiger partial charge on any atom is -0.276 e. The third-order valence-electron chi connectivity index (χ3n) is 4.09. The first kappa shape index (κ1) is 20.6. The molecule has 29 heavy (non-hydrogen) atoms. The van der Waals surface area contributed by atoms with Crippen molar-refractivity contribution in [3.8, 4) is 11.1 Å². The van der Waals surface area contributed by atoms with Crippen LogP contribution in [0.3, 0.4) is 0 Å². The second kappa shape index (κ2) is 8.11. The Balaban J connectivity index is 2.15. The van der Waals surface area contributed by atoms with Gasteiger partial charge in [0, 0.05) is 23.3 Å². The Kier molecular flexibility index (Phi) is 5.77. The molecule has 8 heteroatoms. The lowest BCUT2D eigenvalue weighted by Gasteiger charge is -2.21. The number of alkyl halides is 3. The number of anilines is 1. The average Bonchev–Trinajstić information content (AvgIpc) is 3.09. The Morgan fingerprint density at radius 2 is 1.86 bits per heavy atom. The van der Waals surface area contributed by atoms with Crippen LogP contribution in [0.2, 0.25) is 0 Å². The third kappa shape index (κ3) is 4.34. The van der Waals surface area contributed by atoms with Crippen LogP contribution in [0.1, 0.15) is 16.1 Å². The summed E-state index contributed by atoms with van der Waals surface area (Å²) >= 11 is 3.37. The van der Waals surface area contributed by atoms with E-state index in [1.807, 2.05) is 24.3 Å². The lowest BCUT2D eigenvalue weighted by molar-refractivity contribution is -0.141. The Morgan fingerprint density at radius 3 is 2.48 bits per heavy atom.